The highest BCUT2D eigenvalue weighted by molar-refractivity contribution is 7.92. The summed E-state index contributed by atoms with van der Waals surface area (Å²) in [6.45, 7) is 0. The van der Waals surface area contributed by atoms with Gasteiger partial charge in [0, 0.05) is 5.41 Å². The Kier molecular flexibility index (Phi) is 1.91. The third-order valence-electron chi connectivity index (χ3n) is 3.25. The fraction of sp³-hybridized carbons (Fsp3) is 0.875. The molecule has 5 nitrogen and oxygen atoms in total. The quantitative estimate of drug-likeness (QED) is 0.649. The van der Waals surface area contributed by atoms with Crippen molar-refractivity contribution in [1.29, 1.82) is 0 Å². The highest BCUT2D eigenvalue weighted by Crippen LogP contribution is 2.53. The van der Waals surface area contributed by atoms with Crippen LogP contribution in [0.25, 0.3) is 0 Å². The number of nitrogens with two attached hydrogens (primary N) is 1. The van der Waals surface area contributed by atoms with Gasteiger partial charge in [-0.1, -0.05) is 0 Å². The molecule has 1 saturated heterocycles. The molecule has 1 aliphatic carbocycles. The van der Waals surface area contributed by atoms with Crippen LogP contribution in [0.15, 0.2) is 0 Å². The van der Waals surface area contributed by atoms with Gasteiger partial charge in [0.1, 0.15) is 6.04 Å². The van der Waals surface area contributed by atoms with Gasteiger partial charge in [-0.2, -0.15) is 0 Å². The zero-order valence-corrected chi connectivity index (χ0v) is 8.46. The number of carboxylic acid groups (broad SMARTS) is 1. The molecule has 1 heterocycles. The highest BCUT2D eigenvalue weighted by atomic mass is 32.2. The molecule has 6 heteroatoms. The Hall–Kier alpha value is -0.620. The number of rotatable bonds is 3. The highest BCUT2D eigenvalue weighted by Gasteiger charge is 2.61. The van der Waals surface area contributed by atoms with Crippen LogP contribution in [0.1, 0.15) is 12.8 Å². The minimum Gasteiger partial charge on any atom is -0.480 e. The SMILES string of the molecule is N[C@H](C(=O)O)C1(C2CC2)CS(=O)(=O)C1. The molecule has 0 bridgehead atoms. The summed E-state index contributed by atoms with van der Waals surface area (Å²) in [5.41, 5.74) is 4.89. The summed E-state index contributed by atoms with van der Waals surface area (Å²) in [6, 6.07) is -1.03. The second kappa shape index (κ2) is 2.70. The molecule has 2 fully saturated rings. The first-order chi connectivity index (χ1) is 6.37. The first kappa shape index (κ1) is 9.92. The molecule has 0 spiro atoms. The molecule has 0 amide bonds. The van der Waals surface area contributed by atoms with Crippen LogP contribution in [0, 0.1) is 11.3 Å². The van der Waals surface area contributed by atoms with Gasteiger partial charge in [0.05, 0.1) is 11.5 Å². The van der Waals surface area contributed by atoms with Gasteiger partial charge in [-0.15, -0.1) is 0 Å². The van der Waals surface area contributed by atoms with Crippen LogP contribution in [0.4, 0.5) is 0 Å². The zero-order valence-electron chi connectivity index (χ0n) is 7.64. The first-order valence-electron chi connectivity index (χ1n) is 4.56. The Morgan fingerprint density at radius 3 is 2.21 bits per heavy atom. The zero-order chi connectivity index (χ0) is 10.6. The van der Waals surface area contributed by atoms with Gasteiger partial charge in [0.2, 0.25) is 0 Å². The van der Waals surface area contributed by atoms with Crippen LogP contribution in [-0.4, -0.2) is 37.0 Å². The Morgan fingerprint density at radius 1 is 1.43 bits per heavy atom. The lowest BCUT2D eigenvalue weighted by Crippen LogP contribution is -2.62. The van der Waals surface area contributed by atoms with Crippen molar-refractivity contribution in [1.82, 2.24) is 0 Å². The third kappa shape index (κ3) is 1.33. The third-order valence-corrected chi connectivity index (χ3v) is 5.21. The van der Waals surface area contributed by atoms with Crippen molar-refractivity contribution >= 4 is 15.8 Å². The molecule has 80 valence electrons. The summed E-state index contributed by atoms with van der Waals surface area (Å²) < 4.78 is 22.2. The van der Waals surface area contributed by atoms with E-state index < -0.39 is 27.3 Å². The van der Waals surface area contributed by atoms with Crippen molar-refractivity contribution in [2.45, 2.75) is 18.9 Å². The summed E-state index contributed by atoms with van der Waals surface area (Å²) in [5.74, 6) is -0.972. The van der Waals surface area contributed by atoms with Crippen LogP contribution >= 0.6 is 0 Å². The number of sulfone groups is 1. The van der Waals surface area contributed by atoms with E-state index in [4.69, 9.17) is 10.8 Å². The summed E-state index contributed by atoms with van der Waals surface area (Å²) in [7, 11) is -3.02. The Balaban J connectivity index is 2.21. The van der Waals surface area contributed by atoms with E-state index in [0.717, 1.165) is 12.8 Å². The molecular formula is C8H13NO4S. The summed E-state index contributed by atoms with van der Waals surface area (Å²) in [5, 5.41) is 8.81. The van der Waals surface area contributed by atoms with Gasteiger partial charge >= 0.3 is 5.97 Å². The van der Waals surface area contributed by atoms with Gasteiger partial charge in [-0.25, -0.2) is 8.42 Å². The van der Waals surface area contributed by atoms with Gasteiger partial charge < -0.3 is 10.8 Å². The molecule has 0 unspecified atom stereocenters. The predicted molar refractivity (Wildman–Crippen MR) is 49.4 cm³/mol. The first-order valence-corrected chi connectivity index (χ1v) is 6.38. The average Bonchev–Trinajstić information content (AvgIpc) is 2.79. The molecule has 0 radical (unpaired) electrons. The van der Waals surface area contributed by atoms with Crippen molar-refractivity contribution < 1.29 is 18.3 Å². The van der Waals surface area contributed by atoms with E-state index in [1.165, 1.54) is 0 Å². The van der Waals surface area contributed by atoms with Crippen LogP contribution < -0.4 is 5.73 Å². The lowest BCUT2D eigenvalue weighted by molar-refractivity contribution is -0.141. The minimum atomic E-state index is -3.02. The maximum absolute atomic E-state index is 11.1. The molecular weight excluding hydrogens is 206 g/mol. The predicted octanol–water partition coefficient (Wildman–Crippen LogP) is -0.777. The van der Waals surface area contributed by atoms with E-state index in [-0.39, 0.29) is 17.4 Å². The smallest absolute Gasteiger partial charge is 0.321 e. The number of hydrogen-bond acceptors (Lipinski definition) is 4. The van der Waals surface area contributed by atoms with Crippen molar-refractivity contribution in [3.05, 3.63) is 0 Å². The van der Waals surface area contributed by atoms with Gasteiger partial charge in [0.25, 0.3) is 0 Å². The fourth-order valence-corrected chi connectivity index (χ4v) is 4.73. The van der Waals surface area contributed by atoms with E-state index >= 15 is 0 Å². The maximum Gasteiger partial charge on any atom is 0.321 e. The number of carboxylic acids is 1. The molecule has 0 aromatic carbocycles. The normalized spacial score (nSPS) is 30.4. The summed E-state index contributed by atoms with van der Waals surface area (Å²) >= 11 is 0. The summed E-state index contributed by atoms with van der Waals surface area (Å²) in [4.78, 5) is 10.8. The molecule has 1 aliphatic heterocycles. The van der Waals surface area contributed by atoms with Crippen molar-refractivity contribution in [2.75, 3.05) is 11.5 Å². The van der Waals surface area contributed by atoms with Crippen LogP contribution in [-0.2, 0) is 14.6 Å². The van der Waals surface area contributed by atoms with Crippen molar-refractivity contribution in [2.24, 2.45) is 17.1 Å². The molecule has 1 atom stereocenters. The van der Waals surface area contributed by atoms with E-state index in [9.17, 15) is 13.2 Å². The molecule has 0 aromatic heterocycles. The van der Waals surface area contributed by atoms with Gasteiger partial charge in [-0.3, -0.25) is 4.79 Å². The standard InChI is InChI=1S/C8H13NO4S/c9-6(7(10)11)8(5-1-2-5)3-14(12,13)4-8/h5-6H,1-4,9H2,(H,10,11)/t6-/m1/s1. The lowest BCUT2D eigenvalue weighted by atomic mass is 9.78. The van der Waals surface area contributed by atoms with Crippen LogP contribution in [0.5, 0.6) is 0 Å². The second-order valence-electron chi connectivity index (χ2n) is 4.36. The van der Waals surface area contributed by atoms with E-state index in [1.807, 2.05) is 0 Å². The van der Waals surface area contributed by atoms with Crippen LogP contribution in [0.3, 0.4) is 0 Å². The van der Waals surface area contributed by atoms with Crippen LogP contribution in [0.2, 0.25) is 0 Å². The van der Waals surface area contributed by atoms with E-state index in [2.05, 4.69) is 0 Å². The lowest BCUT2D eigenvalue weighted by Gasteiger charge is -2.44. The molecule has 2 aliphatic rings. The largest absolute Gasteiger partial charge is 0.480 e. The van der Waals surface area contributed by atoms with E-state index in [0.29, 0.717) is 0 Å². The Labute approximate surface area is 82.2 Å². The fourth-order valence-electron chi connectivity index (χ4n) is 2.35. The van der Waals surface area contributed by atoms with E-state index in [1.54, 1.807) is 0 Å². The Morgan fingerprint density at radius 2 is 1.93 bits per heavy atom. The maximum atomic E-state index is 11.1. The number of aliphatic carboxylic acids is 1. The molecule has 3 N–H and O–H groups in total. The molecule has 0 aromatic rings. The van der Waals surface area contributed by atoms with Crippen molar-refractivity contribution in [3.63, 3.8) is 0 Å². The molecule has 2 rings (SSSR count). The second-order valence-corrected chi connectivity index (χ2v) is 6.42. The number of carbonyl (C=O) groups is 1. The summed E-state index contributed by atoms with van der Waals surface area (Å²) in [6.07, 6.45) is 1.83. The van der Waals surface area contributed by atoms with Gasteiger partial charge in [-0.05, 0) is 18.8 Å². The van der Waals surface area contributed by atoms with Gasteiger partial charge in [0.15, 0.2) is 9.84 Å². The molecule has 1 saturated carbocycles. The average molecular weight is 219 g/mol. The monoisotopic (exact) mass is 219 g/mol. The molecule has 14 heavy (non-hydrogen) atoms. The van der Waals surface area contributed by atoms with Crippen molar-refractivity contribution in [3.8, 4) is 0 Å². The minimum absolute atomic E-state index is 0.0435. The number of hydrogen-bond donors (Lipinski definition) is 2. The Bertz CT molecular complexity index is 359. The topological polar surface area (TPSA) is 97.5 Å².